The lowest BCUT2D eigenvalue weighted by Gasteiger charge is -2.31. The highest BCUT2D eigenvalue weighted by molar-refractivity contribution is 5.85. The zero-order chi connectivity index (χ0) is 42.1. The van der Waals surface area contributed by atoms with E-state index in [1.54, 1.807) is 24.3 Å². The highest BCUT2D eigenvalue weighted by Crippen LogP contribution is 2.33. The molecule has 14 heteroatoms. The highest BCUT2D eigenvalue weighted by atomic mass is 16.6. The first-order valence-corrected chi connectivity index (χ1v) is 15.6. The third-order valence-corrected chi connectivity index (χ3v) is 6.66. The van der Waals surface area contributed by atoms with Crippen LogP contribution in [0.25, 0.3) is 0 Å². The standard InChI is InChI=1S/C17H20O8.C15H16O2.2C4H6O2/c1-5-13(18)22-9-17(10-23-14(19)6-2,11-24-15(20)7-3)12-25-16(21)8-4;1-15(2,11-3-7-13(16)8-4-11)12-5-9-14(17)10-6-12;2*1-3(2)4(5)6/h5-8H,1-4,9-12H2;3-10,16-17H,1-2H3;2*1H2,2H3,(H,5,6). The summed E-state index contributed by atoms with van der Waals surface area (Å²) in [5.74, 6) is -4.36. The number of esters is 4. The van der Waals surface area contributed by atoms with Gasteiger partial charge >= 0.3 is 35.8 Å². The number of aliphatic carboxylic acids is 2. The molecule has 0 aliphatic heterocycles. The molecule has 0 radical (unpaired) electrons. The molecular weight excluding hydrogens is 704 g/mol. The highest BCUT2D eigenvalue weighted by Gasteiger charge is 2.37. The summed E-state index contributed by atoms with van der Waals surface area (Å²) < 4.78 is 19.8. The van der Waals surface area contributed by atoms with E-state index in [1.807, 2.05) is 24.3 Å². The lowest BCUT2D eigenvalue weighted by Crippen LogP contribution is -2.43. The Balaban J connectivity index is 0. The molecule has 292 valence electrons. The van der Waals surface area contributed by atoms with Gasteiger partial charge in [0.25, 0.3) is 0 Å². The Hall–Kier alpha value is -6.70. The number of ether oxygens (including phenoxy) is 4. The van der Waals surface area contributed by atoms with Crippen LogP contribution in [0.3, 0.4) is 0 Å². The number of aromatic hydroxyl groups is 2. The topological polar surface area (TPSA) is 220 Å². The summed E-state index contributed by atoms with van der Waals surface area (Å²) in [5, 5.41) is 34.4. The lowest BCUT2D eigenvalue weighted by molar-refractivity contribution is -0.164. The van der Waals surface area contributed by atoms with E-state index in [2.05, 4.69) is 53.3 Å². The monoisotopic (exact) mass is 752 g/mol. The second-order valence-electron chi connectivity index (χ2n) is 11.6. The number of carboxylic acids is 2. The van der Waals surface area contributed by atoms with E-state index in [0.717, 1.165) is 35.4 Å². The van der Waals surface area contributed by atoms with Crippen molar-refractivity contribution in [1.29, 1.82) is 0 Å². The summed E-state index contributed by atoms with van der Waals surface area (Å²) in [6, 6.07) is 14.4. The van der Waals surface area contributed by atoms with Gasteiger partial charge in [-0.25, -0.2) is 28.8 Å². The first-order chi connectivity index (χ1) is 25.1. The van der Waals surface area contributed by atoms with Crippen LogP contribution in [0, 0.1) is 5.41 Å². The molecule has 0 heterocycles. The smallest absolute Gasteiger partial charge is 0.330 e. The van der Waals surface area contributed by atoms with Crippen molar-refractivity contribution in [2.45, 2.75) is 33.1 Å². The second-order valence-corrected chi connectivity index (χ2v) is 11.6. The normalized spacial score (nSPS) is 9.85. The minimum atomic E-state index is -1.34. The van der Waals surface area contributed by atoms with Crippen molar-refractivity contribution in [3.05, 3.63) is 135 Å². The van der Waals surface area contributed by atoms with Gasteiger partial charge in [-0.1, -0.05) is 77.6 Å². The molecule has 54 heavy (non-hydrogen) atoms. The van der Waals surface area contributed by atoms with E-state index in [0.29, 0.717) is 0 Å². The lowest BCUT2D eigenvalue weighted by atomic mass is 9.78. The number of carboxylic acid groups (broad SMARTS) is 2. The Bertz CT molecular complexity index is 1450. The zero-order valence-corrected chi connectivity index (χ0v) is 30.9. The van der Waals surface area contributed by atoms with Crippen molar-refractivity contribution < 1.29 is 68.1 Å². The quantitative estimate of drug-likeness (QED) is 0.0931. The van der Waals surface area contributed by atoms with Crippen LogP contribution in [-0.4, -0.2) is 82.7 Å². The molecule has 0 aliphatic carbocycles. The molecule has 0 atom stereocenters. The van der Waals surface area contributed by atoms with E-state index >= 15 is 0 Å². The van der Waals surface area contributed by atoms with Crippen LogP contribution in [0.4, 0.5) is 0 Å². The molecule has 14 nitrogen and oxygen atoms in total. The number of carbonyl (C=O) groups is 6. The minimum Gasteiger partial charge on any atom is -0.508 e. The first-order valence-electron chi connectivity index (χ1n) is 15.6. The van der Waals surface area contributed by atoms with Crippen LogP contribution in [0.5, 0.6) is 11.5 Å². The third-order valence-electron chi connectivity index (χ3n) is 6.66. The largest absolute Gasteiger partial charge is 0.508 e. The summed E-state index contributed by atoms with van der Waals surface area (Å²) in [4.78, 5) is 64.5. The summed E-state index contributed by atoms with van der Waals surface area (Å²) in [5.41, 5.74) is 1.11. The predicted octanol–water partition coefficient (Wildman–Crippen LogP) is 5.61. The van der Waals surface area contributed by atoms with Gasteiger partial charge in [-0.05, 0) is 49.2 Å². The van der Waals surface area contributed by atoms with Crippen LogP contribution >= 0.6 is 0 Å². The van der Waals surface area contributed by atoms with Gasteiger partial charge in [0.05, 0.1) is 0 Å². The fourth-order valence-corrected chi connectivity index (χ4v) is 3.31. The third kappa shape index (κ3) is 20.8. The molecule has 0 amide bonds. The number of hydrogen-bond donors (Lipinski definition) is 4. The van der Waals surface area contributed by atoms with Crippen LogP contribution in [0.2, 0.25) is 0 Å². The summed E-state index contributed by atoms with van der Waals surface area (Å²) >= 11 is 0. The van der Waals surface area contributed by atoms with Crippen molar-refractivity contribution in [3.8, 4) is 11.5 Å². The molecule has 0 spiro atoms. The molecule has 0 aromatic heterocycles. The Labute approximate surface area is 314 Å². The van der Waals surface area contributed by atoms with Gasteiger partial charge in [0.15, 0.2) is 0 Å². The van der Waals surface area contributed by atoms with Gasteiger partial charge < -0.3 is 39.4 Å². The summed E-state index contributed by atoms with van der Waals surface area (Å²) in [6.07, 6.45) is 3.69. The molecule has 0 saturated heterocycles. The SMILES string of the molecule is C=C(C)C(=O)O.C=C(C)C(=O)O.C=CC(=O)OCC(COC(=O)C=C)(COC(=O)C=C)COC(=O)C=C.CC(C)(c1ccc(O)cc1)c1ccc(O)cc1. The van der Waals surface area contributed by atoms with E-state index in [-0.39, 0.29) is 54.5 Å². The van der Waals surface area contributed by atoms with E-state index in [1.165, 1.54) is 13.8 Å². The maximum atomic E-state index is 11.3. The second kappa shape index (κ2) is 25.3. The number of carbonyl (C=O) groups excluding carboxylic acids is 4. The molecular formula is C40H48O14. The average Bonchev–Trinajstić information content (AvgIpc) is 3.14. The number of hydrogen-bond acceptors (Lipinski definition) is 12. The number of phenolic OH excluding ortho intramolecular Hbond substituents is 2. The molecule has 0 saturated carbocycles. The molecule has 2 aromatic rings. The van der Waals surface area contributed by atoms with Crippen molar-refractivity contribution >= 4 is 35.8 Å². The number of phenols is 2. The number of benzene rings is 2. The van der Waals surface area contributed by atoms with Crippen molar-refractivity contribution in [3.63, 3.8) is 0 Å². The van der Waals surface area contributed by atoms with Crippen LogP contribution < -0.4 is 0 Å². The first kappa shape index (κ1) is 49.4. The van der Waals surface area contributed by atoms with Crippen LogP contribution in [0.1, 0.15) is 38.8 Å². The Morgan fingerprint density at radius 2 is 0.741 bits per heavy atom. The van der Waals surface area contributed by atoms with Crippen LogP contribution in [-0.2, 0) is 53.1 Å². The van der Waals surface area contributed by atoms with Crippen molar-refractivity contribution in [2.75, 3.05) is 26.4 Å². The molecule has 0 unspecified atom stereocenters. The Kier molecular flexibility index (Phi) is 23.1. The van der Waals surface area contributed by atoms with Crippen molar-refractivity contribution in [2.24, 2.45) is 5.41 Å². The summed E-state index contributed by atoms with van der Waals surface area (Å²) in [6.45, 7) is 24.9. The molecule has 0 fully saturated rings. The number of rotatable bonds is 16. The minimum absolute atomic E-state index is 0.151. The van der Waals surface area contributed by atoms with Crippen molar-refractivity contribution in [1.82, 2.24) is 0 Å². The van der Waals surface area contributed by atoms with E-state index in [9.17, 15) is 39.0 Å². The zero-order valence-electron chi connectivity index (χ0n) is 30.9. The molecule has 2 rings (SSSR count). The molecule has 4 N–H and O–H groups in total. The molecule has 0 bridgehead atoms. The van der Waals surface area contributed by atoms with Gasteiger partial charge in [0, 0.05) is 40.9 Å². The van der Waals surface area contributed by atoms with E-state index in [4.69, 9.17) is 29.2 Å². The van der Waals surface area contributed by atoms with Gasteiger partial charge in [-0.15, -0.1) is 0 Å². The maximum Gasteiger partial charge on any atom is 0.330 e. The maximum absolute atomic E-state index is 11.3. The Morgan fingerprint density at radius 1 is 0.537 bits per heavy atom. The predicted molar refractivity (Wildman–Crippen MR) is 200 cm³/mol. The van der Waals surface area contributed by atoms with E-state index < -0.39 is 41.2 Å². The fourth-order valence-electron chi connectivity index (χ4n) is 3.31. The van der Waals surface area contributed by atoms with Gasteiger partial charge in [0.1, 0.15) is 43.3 Å². The van der Waals surface area contributed by atoms with Gasteiger partial charge in [-0.3, -0.25) is 0 Å². The average molecular weight is 753 g/mol. The fraction of sp³-hybridized carbons (Fsp3) is 0.250. The van der Waals surface area contributed by atoms with Gasteiger partial charge in [-0.2, -0.15) is 0 Å². The molecule has 0 aliphatic rings. The van der Waals surface area contributed by atoms with Crippen LogP contribution in [0.15, 0.2) is 123 Å². The Morgan fingerprint density at radius 3 is 0.907 bits per heavy atom. The molecule has 2 aromatic carbocycles. The summed E-state index contributed by atoms with van der Waals surface area (Å²) in [7, 11) is 0. The van der Waals surface area contributed by atoms with Gasteiger partial charge in [0.2, 0.25) is 0 Å².